The van der Waals surface area contributed by atoms with Crippen LogP contribution >= 0.6 is 0 Å². The van der Waals surface area contributed by atoms with Crippen molar-refractivity contribution in [2.24, 2.45) is 14.1 Å². The summed E-state index contributed by atoms with van der Waals surface area (Å²) in [6.07, 6.45) is 16.4. The first kappa shape index (κ1) is 25.1. The molecule has 2 aromatic rings. The van der Waals surface area contributed by atoms with Gasteiger partial charge in [-0.25, -0.2) is 9.78 Å². The molecule has 2 heterocycles. The third kappa shape index (κ3) is 7.47. The van der Waals surface area contributed by atoms with Crippen LogP contribution in [0.1, 0.15) is 96.8 Å². The van der Waals surface area contributed by atoms with Gasteiger partial charge in [0.2, 0.25) is 0 Å². The van der Waals surface area contributed by atoms with Gasteiger partial charge in [-0.1, -0.05) is 64.7 Å². The Morgan fingerprint density at radius 2 is 1.39 bits per heavy atom. The number of carbonyl (C=O) groups is 1. The molecule has 0 atom stereocenters. The van der Waals surface area contributed by atoms with E-state index in [-0.39, 0.29) is 11.2 Å². The number of aromatic nitrogens is 4. The number of aryl methyl sites for hydroxylation is 2. The highest BCUT2D eigenvalue weighted by molar-refractivity contribution is 5.78. The number of imidazole rings is 1. The number of carbonyl (C=O) groups excluding carboxylic acids is 1. The first-order chi connectivity index (χ1) is 15.0. The maximum Gasteiger partial charge on any atom is 0.332 e. The molecule has 0 saturated carbocycles. The van der Waals surface area contributed by atoms with Gasteiger partial charge in [0, 0.05) is 33.5 Å². The Morgan fingerprint density at radius 1 is 0.839 bits per heavy atom. The maximum absolute atomic E-state index is 12.7. The van der Waals surface area contributed by atoms with E-state index < -0.39 is 0 Å². The molecule has 0 unspecified atom stereocenters. The minimum absolute atomic E-state index is 0.252. The van der Waals surface area contributed by atoms with Gasteiger partial charge >= 0.3 is 5.69 Å². The van der Waals surface area contributed by atoms with Crippen molar-refractivity contribution < 1.29 is 4.79 Å². The molecule has 0 bridgehead atoms. The van der Waals surface area contributed by atoms with Crippen LogP contribution < -0.4 is 11.2 Å². The number of ketones is 1. The summed E-state index contributed by atoms with van der Waals surface area (Å²) < 4.78 is 4.46. The number of unbranched alkanes of at least 4 members (excludes halogenated alkanes) is 10. The monoisotopic (exact) mass is 432 g/mol. The Labute approximate surface area is 185 Å². The van der Waals surface area contributed by atoms with Crippen LogP contribution in [0.5, 0.6) is 0 Å². The molecule has 2 rings (SSSR count). The topological polar surface area (TPSA) is 78.9 Å². The number of hydrogen-bond donors (Lipinski definition) is 0. The predicted octanol–water partition coefficient (Wildman–Crippen LogP) is 4.48. The molecule has 0 aliphatic heterocycles. The van der Waals surface area contributed by atoms with Crippen molar-refractivity contribution in [3.63, 3.8) is 0 Å². The van der Waals surface area contributed by atoms with Gasteiger partial charge in [-0.3, -0.25) is 18.7 Å². The number of fused-ring (bicyclic) bond motifs is 1. The summed E-state index contributed by atoms with van der Waals surface area (Å²) in [5.74, 6) is 0.432. The average molecular weight is 433 g/mol. The highest BCUT2D eigenvalue weighted by atomic mass is 16.2. The molecule has 0 saturated heterocycles. The van der Waals surface area contributed by atoms with E-state index >= 15 is 0 Å². The van der Waals surface area contributed by atoms with Gasteiger partial charge in [0.25, 0.3) is 5.56 Å². The maximum atomic E-state index is 12.7. The van der Waals surface area contributed by atoms with Gasteiger partial charge in [-0.05, 0) is 19.3 Å². The second kappa shape index (κ2) is 13.3. The van der Waals surface area contributed by atoms with Crippen molar-refractivity contribution in [2.75, 3.05) is 0 Å². The number of hydrogen-bond acceptors (Lipinski definition) is 4. The Kier molecular flexibility index (Phi) is 10.7. The molecule has 7 heteroatoms. The van der Waals surface area contributed by atoms with Crippen molar-refractivity contribution in [3.05, 3.63) is 27.2 Å². The van der Waals surface area contributed by atoms with Crippen molar-refractivity contribution in [1.29, 1.82) is 0 Å². The SMILES string of the molecule is CCCCCCC(=O)CCCCCCCCCCn1c(=O)c2c(ncn2C)n(C)c1=O. The van der Waals surface area contributed by atoms with Gasteiger partial charge in [0.1, 0.15) is 5.78 Å². The number of Topliss-reactive ketones (excluding diaryl/α,β-unsaturated/α-hetero) is 1. The molecular formula is C24H40N4O3. The highest BCUT2D eigenvalue weighted by Crippen LogP contribution is 2.12. The van der Waals surface area contributed by atoms with Crippen LogP contribution in [-0.4, -0.2) is 24.5 Å². The third-order valence-corrected chi connectivity index (χ3v) is 6.10. The van der Waals surface area contributed by atoms with Crippen molar-refractivity contribution >= 4 is 16.9 Å². The Hall–Kier alpha value is -2.18. The standard InChI is InChI=1S/C24H40N4O3/c1-4-5-6-13-16-20(29)17-14-11-9-7-8-10-12-15-18-28-23(30)21-22(25-19-26(21)2)27(3)24(28)31/h19H,4-18H2,1-3H3. The summed E-state index contributed by atoms with van der Waals surface area (Å²) in [5.41, 5.74) is 0.364. The van der Waals surface area contributed by atoms with Crippen LogP contribution in [-0.2, 0) is 25.4 Å². The summed E-state index contributed by atoms with van der Waals surface area (Å²) in [5, 5.41) is 0. The largest absolute Gasteiger partial charge is 0.332 e. The van der Waals surface area contributed by atoms with E-state index in [1.54, 1.807) is 25.0 Å². The lowest BCUT2D eigenvalue weighted by molar-refractivity contribution is -0.119. The molecule has 0 aliphatic rings. The summed E-state index contributed by atoms with van der Waals surface area (Å²) in [6.45, 7) is 2.64. The molecule has 0 fully saturated rings. The Morgan fingerprint density at radius 3 is 2.00 bits per heavy atom. The first-order valence-corrected chi connectivity index (χ1v) is 12.1. The van der Waals surface area contributed by atoms with E-state index in [1.165, 1.54) is 47.7 Å². The van der Waals surface area contributed by atoms with Crippen molar-refractivity contribution in [1.82, 2.24) is 18.7 Å². The summed E-state index contributed by atoms with van der Waals surface area (Å²) in [6, 6.07) is 0. The molecule has 31 heavy (non-hydrogen) atoms. The normalized spacial score (nSPS) is 11.5. The van der Waals surface area contributed by atoms with Crippen molar-refractivity contribution in [2.45, 2.75) is 103 Å². The van der Waals surface area contributed by atoms with E-state index in [1.807, 2.05) is 0 Å². The zero-order chi connectivity index (χ0) is 22.6. The fourth-order valence-corrected chi connectivity index (χ4v) is 4.12. The molecule has 174 valence electrons. The lowest BCUT2D eigenvalue weighted by Gasteiger charge is -2.08. The fourth-order valence-electron chi connectivity index (χ4n) is 4.12. The molecule has 0 aromatic carbocycles. The van der Waals surface area contributed by atoms with E-state index in [9.17, 15) is 14.4 Å². The summed E-state index contributed by atoms with van der Waals surface area (Å²) in [7, 11) is 3.43. The minimum atomic E-state index is -0.295. The van der Waals surface area contributed by atoms with Gasteiger partial charge in [0.05, 0.1) is 6.33 Å². The van der Waals surface area contributed by atoms with Crippen LogP contribution in [0.15, 0.2) is 15.9 Å². The fraction of sp³-hybridized carbons (Fsp3) is 0.750. The Bertz CT molecular complexity index is 939. The van der Waals surface area contributed by atoms with Gasteiger partial charge in [0.15, 0.2) is 11.2 Å². The zero-order valence-electron chi connectivity index (χ0n) is 19.7. The molecule has 0 spiro atoms. The van der Waals surface area contributed by atoms with Crippen LogP contribution in [0.4, 0.5) is 0 Å². The molecule has 0 amide bonds. The molecule has 0 radical (unpaired) electrons. The quantitative estimate of drug-likeness (QED) is 0.366. The van der Waals surface area contributed by atoms with E-state index in [4.69, 9.17) is 0 Å². The van der Waals surface area contributed by atoms with Crippen LogP contribution in [0.25, 0.3) is 11.2 Å². The first-order valence-electron chi connectivity index (χ1n) is 12.1. The number of rotatable bonds is 16. The second-order valence-electron chi connectivity index (χ2n) is 8.75. The van der Waals surface area contributed by atoms with Gasteiger partial charge in [-0.15, -0.1) is 0 Å². The van der Waals surface area contributed by atoms with Gasteiger partial charge in [-0.2, -0.15) is 0 Å². The van der Waals surface area contributed by atoms with Gasteiger partial charge < -0.3 is 4.57 Å². The number of nitrogens with zero attached hydrogens (tertiary/aromatic N) is 4. The molecule has 0 N–H and O–H groups in total. The molecule has 2 aromatic heterocycles. The minimum Gasteiger partial charge on any atom is -0.328 e. The van der Waals surface area contributed by atoms with Crippen molar-refractivity contribution in [3.8, 4) is 0 Å². The Balaban J connectivity index is 1.57. The summed E-state index contributed by atoms with van der Waals surface area (Å²) in [4.78, 5) is 41.1. The third-order valence-electron chi connectivity index (χ3n) is 6.10. The van der Waals surface area contributed by atoms with Crippen LogP contribution in [0, 0.1) is 0 Å². The predicted molar refractivity (Wildman–Crippen MR) is 126 cm³/mol. The average Bonchev–Trinajstić information content (AvgIpc) is 3.14. The zero-order valence-corrected chi connectivity index (χ0v) is 19.7. The van der Waals surface area contributed by atoms with Crippen LogP contribution in [0.3, 0.4) is 0 Å². The molecular weight excluding hydrogens is 392 g/mol. The molecule has 7 nitrogen and oxygen atoms in total. The lowest BCUT2D eigenvalue weighted by atomic mass is 10.0. The smallest absolute Gasteiger partial charge is 0.328 e. The second-order valence-corrected chi connectivity index (χ2v) is 8.75. The molecule has 0 aliphatic carbocycles. The lowest BCUT2D eigenvalue weighted by Crippen LogP contribution is -2.39. The van der Waals surface area contributed by atoms with E-state index in [0.29, 0.717) is 23.5 Å². The van der Waals surface area contributed by atoms with E-state index in [2.05, 4.69) is 11.9 Å². The van der Waals surface area contributed by atoms with Crippen LogP contribution in [0.2, 0.25) is 0 Å². The summed E-state index contributed by atoms with van der Waals surface area (Å²) >= 11 is 0. The highest BCUT2D eigenvalue weighted by Gasteiger charge is 2.14. The van der Waals surface area contributed by atoms with E-state index in [0.717, 1.165) is 51.4 Å².